The van der Waals surface area contributed by atoms with Crippen LogP contribution >= 0.6 is 12.2 Å². The van der Waals surface area contributed by atoms with E-state index in [2.05, 4.69) is 20.8 Å². The van der Waals surface area contributed by atoms with Crippen LogP contribution in [0.5, 0.6) is 0 Å². The molecule has 0 saturated carbocycles. The lowest BCUT2D eigenvalue weighted by Gasteiger charge is -2.28. The number of carbonyl (C=O) groups is 1. The number of aromatic nitrogens is 3. The number of aryl methyl sites for hydroxylation is 1. The van der Waals surface area contributed by atoms with Gasteiger partial charge in [0.2, 0.25) is 0 Å². The lowest BCUT2D eigenvalue weighted by Crippen LogP contribution is -2.37. The van der Waals surface area contributed by atoms with Gasteiger partial charge in [-0.15, -0.1) is 10.2 Å². The number of benzene rings is 3. The summed E-state index contributed by atoms with van der Waals surface area (Å²) in [5.41, 5.74) is 4.39. The third kappa shape index (κ3) is 5.39. The fourth-order valence-corrected chi connectivity index (χ4v) is 4.22. The van der Waals surface area contributed by atoms with Crippen LogP contribution in [0, 0.1) is 17.0 Å². The fraction of sp³-hybridized carbons (Fsp3) is 0.200. The number of nitrogens with one attached hydrogen (secondary N) is 2. The lowest BCUT2D eigenvalue weighted by molar-refractivity contribution is -0.384. The molecule has 188 valence electrons. The molecule has 1 aliphatic rings. The second kappa shape index (κ2) is 10.3. The summed E-state index contributed by atoms with van der Waals surface area (Å²) in [6, 6.07) is 17.6. The SMILES string of the molecule is Cc1ccc(-n2nc3ccc(NC(=S)NC(=O)c4ccc(N5CCOCC5)c([N+](=O)[O-])c4)cc3n2)cc1. The first-order valence-electron chi connectivity index (χ1n) is 11.5. The van der Waals surface area contributed by atoms with E-state index in [1.807, 2.05) is 36.1 Å². The number of anilines is 2. The first-order valence-corrected chi connectivity index (χ1v) is 12.0. The fourth-order valence-electron chi connectivity index (χ4n) is 4.01. The van der Waals surface area contributed by atoms with E-state index in [9.17, 15) is 14.9 Å². The minimum Gasteiger partial charge on any atom is -0.378 e. The molecule has 3 aromatic carbocycles. The highest BCUT2D eigenvalue weighted by atomic mass is 32.1. The van der Waals surface area contributed by atoms with Gasteiger partial charge in [0, 0.05) is 30.4 Å². The Morgan fingerprint density at radius 2 is 1.76 bits per heavy atom. The van der Waals surface area contributed by atoms with Crippen LogP contribution in [0.3, 0.4) is 0 Å². The summed E-state index contributed by atoms with van der Waals surface area (Å²) >= 11 is 5.30. The maximum atomic E-state index is 12.8. The van der Waals surface area contributed by atoms with Crippen LogP contribution in [0.2, 0.25) is 0 Å². The Balaban J connectivity index is 1.28. The number of amides is 1. The molecule has 0 atom stereocenters. The smallest absolute Gasteiger partial charge is 0.293 e. The van der Waals surface area contributed by atoms with Crippen LogP contribution in [-0.2, 0) is 4.74 Å². The zero-order valence-corrected chi connectivity index (χ0v) is 20.7. The van der Waals surface area contributed by atoms with Gasteiger partial charge >= 0.3 is 0 Å². The molecule has 12 heteroatoms. The molecule has 2 N–H and O–H groups in total. The van der Waals surface area contributed by atoms with Crippen molar-refractivity contribution in [2.45, 2.75) is 6.92 Å². The highest BCUT2D eigenvalue weighted by Gasteiger charge is 2.23. The van der Waals surface area contributed by atoms with E-state index in [4.69, 9.17) is 17.0 Å². The number of nitro benzene ring substituents is 1. The van der Waals surface area contributed by atoms with E-state index in [1.54, 1.807) is 35.1 Å². The Kier molecular flexibility index (Phi) is 6.75. The van der Waals surface area contributed by atoms with Gasteiger partial charge in [0.1, 0.15) is 16.7 Å². The normalized spacial score (nSPS) is 13.4. The van der Waals surface area contributed by atoms with Gasteiger partial charge in [0.05, 0.1) is 23.8 Å². The second-order valence-corrected chi connectivity index (χ2v) is 8.91. The van der Waals surface area contributed by atoms with Gasteiger partial charge in [0.25, 0.3) is 11.6 Å². The molecular weight excluding hydrogens is 494 g/mol. The average molecular weight is 518 g/mol. The molecule has 1 aromatic heterocycles. The quantitative estimate of drug-likeness (QED) is 0.232. The number of rotatable bonds is 5. The topological polar surface area (TPSA) is 127 Å². The first kappa shape index (κ1) is 24.3. The highest BCUT2D eigenvalue weighted by molar-refractivity contribution is 7.80. The van der Waals surface area contributed by atoms with E-state index in [0.29, 0.717) is 48.7 Å². The van der Waals surface area contributed by atoms with Gasteiger partial charge in [-0.25, -0.2) is 0 Å². The molecule has 4 aromatic rings. The summed E-state index contributed by atoms with van der Waals surface area (Å²) in [6.45, 7) is 4.09. The Hall–Kier alpha value is -4.42. The molecule has 0 unspecified atom stereocenters. The van der Waals surface area contributed by atoms with Gasteiger partial charge in [-0.3, -0.25) is 20.2 Å². The molecule has 37 heavy (non-hydrogen) atoms. The zero-order valence-electron chi connectivity index (χ0n) is 19.9. The number of morpholine rings is 1. The van der Waals surface area contributed by atoms with Gasteiger partial charge in [-0.2, -0.15) is 4.80 Å². The standard InChI is InChI=1S/C25H23N7O4S/c1-16-2-6-19(7-3-16)31-28-20-8-5-18(15-21(20)29-31)26-25(37)27-24(33)17-4-9-22(23(14-17)32(34)35)30-10-12-36-13-11-30/h2-9,14-15H,10-13H2,1H3,(H2,26,27,33,37). The third-order valence-corrected chi connectivity index (χ3v) is 6.12. The Morgan fingerprint density at radius 1 is 1.03 bits per heavy atom. The molecule has 1 amide bonds. The molecule has 1 saturated heterocycles. The Morgan fingerprint density at radius 3 is 2.49 bits per heavy atom. The highest BCUT2D eigenvalue weighted by Crippen LogP contribution is 2.30. The van der Waals surface area contributed by atoms with Gasteiger partial charge in [-0.1, -0.05) is 17.7 Å². The van der Waals surface area contributed by atoms with Crippen molar-refractivity contribution >= 4 is 51.3 Å². The third-order valence-electron chi connectivity index (χ3n) is 5.92. The van der Waals surface area contributed by atoms with Crippen LogP contribution in [-0.4, -0.2) is 57.2 Å². The molecular formula is C25H23N7O4S. The number of nitro groups is 1. The first-order chi connectivity index (χ1) is 17.9. The van der Waals surface area contributed by atoms with E-state index >= 15 is 0 Å². The summed E-state index contributed by atoms with van der Waals surface area (Å²) in [4.78, 5) is 27.4. The molecule has 0 radical (unpaired) electrons. The lowest BCUT2D eigenvalue weighted by atomic mass is 10.1. The van der Waals surface area contributed by atoms with Crippen LogP contribution in [0.15, 0.2) is 60.7 Å². The zero-order chi connectivity index (χ0) is 25.9. The van der Waals surface area contributed by atoms with Crippen molar-refractivity contribution in [1.29, 1.82) is 0 Å². The van der Waals surface area contributed by atoms with Crippen molar-refractivity contribution in [2.75, 3.05) is 36.5 Å². The predicted octanol–water partition coefficient (Wildman–Crippen LogP) is 3.60. The van der Waals surface area contributed by atoms with E-state index in [-0.39, 0.29) is 16.4 Å². The Bertz CT molecular complexity index is 1500. The number of ether oxygens (including phenoxy) is 1. The number of thiocarbonyl (C=S) groups is 1. The predicted molar refractivity (Wildman–Crippen MR) is 143 cm³/mol. The van der Waals surface area contributed by atoms with Crippen molar-refractivity contribution in [3.05, 3.63) is 81.9 Å². The molecule has 2 heterocycles. The molecule has 1 aliphatic heterocycles. The van der Waals surface area contributed by atoms with Crippen molar-refractivity contribution in [1.82, 2.24) is 20.3 Å². The molecule has 0 bridgehead atoms. The van der Waals surface area contributed by atoms with Crippen LogP contribution in [0.1, 0.15) is 15.9 Å². The van der Waals surface area contributed by atoms with Gasteiger partial charge < -0.3 is 15.0 Å². The monoisotopic (exact) mass is 517 g/mol. The average Bonchev–Trinajstić information content (AvgIpc) is 3.32. The number of hydrogen-bond donors (Lipinski definition) is 2. The van der Waals surface area contributed by atoms with Crippen LogP contribution in [0.25, 0.3) is 16.7 Å². The largest absolute Gasteiger partial charge is 0.378 e. The molecule has 0 aliphatic carbocycles. The van der Waals surface area contributed by atoms with Crippen molar-refractivity contribution < 1.29 is 14.5 Å². The molecule has 11 nitrogen and oxygen atoms in total. The molecule has 1 fully saturated rings. The minimum atomic E-state index is -0.555. The van der Waals surface area contributed by atoms with Gasteiger partial charge in [0.15, 0.2) is 5.11 Å². The summed E-state index contributed by atoms with van der Waals surface area (Å²) < 4.78 is 5.32. The maximum absolute atomic E-state index is 12.8. The van der Waals surface area contributed by atoms with E-state index in [0.717, 1.165) is 11.3 Å². The summed E-state index contributed by atoms with van der Waals surface area (Å²) in [5, 5.41) is 26.3. The van der Waals surface area contributed by atoms with E-state index < -0.39 is 10.8 Å². The van der Waals surface area contributed by atoms with Crippen LogP contribution < -0.4 is 15.5 Å². The number of carbonyl (C=O) groups excluding carboxylic acids is 1. The summed E-state index contributed by atoms with van der Waals surface area (Å²) in [7, 11) is 0. The van der Waals surface area contributed by atoms with Crippen molar-refractivity contribution in [2.24, 2.45) is 0 Å². The maximum Gasteiger partial charge on any atom is 0.293 e. The number of nitrogens with zero attached hydrogens (tertiary/aromatic N) is 5. The second-order valence-electron chi connectivity index (χ2n) is 8.50. The molecule has 0 spiro atoms. The summed E-state index contributed by atoms with van der Waals surface area (Å²) in [5.74, 6) is -0.555. The van der Waals surface area contributed by atoms with E-state index in [1.165, 1.54) is 6.07 Å². The molecule has 5 rings (SSSR count). The minimum absolute atomic E-state index is 0.0511. The summed E-state index contributed by atoms with van der Waals surface area (Å²) in [6.07, 6.45) is 0. The van der Waals surface area contributed by atoms with Crippen molar-refractivity contribution in [3.63, 3.8) is 0 Å². The number of fused-ring (bicyclic) bond motifs is 1. The van der Waals surface area contributed by atoms with Crippen LogP contribution in [0.4, 0.5) is 17.1 Å². The number of hydrogen-bond acceptors (Lipinski definition) is 8. The Labute approximate surface area is 217 Å². The van der Waals surface area contributed by atoms with Gasteiger partial charge in [-0.05, 0) is 61.6 Å². The van der Waals surface area contributed by atoms with Crippen molar-refractivity contribution in [3.8, 4) is 5.69 Å².